The Morgan fingerprint density at radius 2 is 1.72 bits per heavy atom. The number of hydrogen-bond donors (Lipinski definition) is 3. The zero-order valence-electron chi connectivity index (χ0n) is 11.8. The molecule has 0 aliphatic carbocycles. The minimum Gasteiger partial charge on any atom is -0.481 e. The quantitative estimate of drug-likeness (QED) is 0.583. The van der Waals surface area contributed by atoms with Gasteiger partial charge < -0.3 is 15.7 Å². The van der Waals surface area contributed by atoms with E-state index in [4.69, 9.17) is 5.11 Å². The molecule has 0 bridgehead atoms. The van der Waals surface area contributed by atoms with E-state index in [1.807, 2.05) is 0 Å². The second-order valence-corrected chi connectivity index (χ2v) is 5.24. The molecule has 5 nitrogen and oxygen atoms in total. The Morgan fingerprint density at radius 3 is 2.22 bits per heavy atom. The molecule has 0 heterocycles. The molecule has 0 rings (SSSR count). The molecule has 0 spiro atoms. The fraction of sp³-hybridized carbons (Fsp3) is 0.846. The molecule has 0 radical (unpaired) electrons. The van der Waals surface area contributed by atoms with Crippen LogP contribution >= 0.6 is 0 Å². The first-order chi connectivity index (χ1) is 8.34. The minimum atomic E-state index is -0.787. The third-order valence-corrected chi connectivity index (χ3v) is 3.24. The van der Waals surface area contributed by atoms with Gasteiger partial charge in [-0.05, 0) is 24.7 Å². The van der Waals surface area contributed by atoms with E-state index < -0.39 is 5.97 Å². The van der Waals surface area contributed by atoms with Crippen molar-refractivity contribution < 1.29 is 14.7 Å². The van der Waals surface area contributed by atoms with Crippen LogP contribution in [0.25, 0.3) is 0 Å². The van der Waals surface area contributed by atoms with Gasteiger partial charge in [-0.25, -0.2) is 4.79 Å². The van der Waals surface area contributed by atoms with Gasteiger partial charge in [-0.2, -0.15) is 0 Å². The number of urea groups is 1. The van der Waals surface area contributed by atoms with Crippen LogP contribution < -0.4 is 10.6 Å². The Balaban J connectivity index is 3.57. The van der Waals surface area contributed by atoms with Crippen LogP contribution in [-0.4, -0.2) is 30.2 Å². The molecule has 2 amide bonds. The second kappa shape index (κ2) is 8.78. The number of hydrogen-bond acceptors (Lipinski definition) is 2. The molecule has 0 saturated heterocycles. The van der Waals surface area contributed by atoms with E-state index in [-0.39, 0.29) is 11.9 Å². The molecule has 2 atom stereocenters. The highest BCUT2D eigenvalue weighted by atomic mass is 16.4. The van der Waals surface area contributed by atoms with E-state index in [1.165, 1.54) is 0 Å². The van der Waals surface area contributed by atoms with Gasteiger partial charge in [-0.15, -0.1) is 0 Å². The van der Waals surface area contributed by atoms with Gasteiger partial charge in [0.05, 0.1) is 5.92 Å². The van der Waals surface area contributed by atoms with Crippen molar-refractivity contribution >= 4 is 12.0 Å². The third kappa shape index (κ3) is 7.92. The van der Waals surface area contributed by atoms with Crippen LogP contribution in [0.3, 0.4) is 0 Å². The number of carbonyl (C=O) groups is 2. The van der Waals surface area contributed by atoms with Crippen LogP contribution in [0, 0.1) is 17.8 Å². The van der Waals surface area contributed by atoms with Gasteiger partial charge in [-0.3, -0.25) is 4.79 Å². The molecular formula is C13H26N2O3. The van der Waals surface area contributed by atoms with Crippen molar-refractivity contribution in [3.05, 3.63) is 0 Å². The van der Waals surface area contributed by atoms with E-state index in [0.717, 1.165) is 0 Å². The summed E-state index contributed by atoms with van der Waals surface area (Å²) in [4.78, 5) is 22.0. The smallest absolute Gasteiger partial charge is 0.314 e. The molecule has 0 aromatic rings. The highest BCUT2D eigenvalue weighted by Crippen LogP contribution is 2.07. The van der Waals surface area contributed by atoms with Gasteiger partial charge in [0.25, 0.3) is 0 Å². The Kier molecular flexibility index (Phi) is 8.16. The van der Waals surface area contributed by atoms with Crippen molar-refractivity contribution in [2.45, 2.75) is 40.5 Å². The molecule has 2 unspecified atom stereocenters. The molecule has 0 aliphatic heterocycles. The predicted molar refractivity (Wildman–Crippen MR) is 71.4 cm³/mol. The molecule has 0 aromatic carbocycles. The number of carbonyl (C=O) groups excluding carboxylic acids is 1. The first-order valence-electron chi connectivity index (χ1n) is 6.59. The van der Waals surface area contributed by atoms with Crippen molar-refractivity contribution in [1.82, 2.24) is 10.6 Å². The third-order valence-electron chi connectivity index (χ3n) is 3.24. The zero-order valence-corrected chi connectivity index (χ0v) is 11.8. The summed E-state index contributed by atoms with van der Waals surface area (Å²) in [6.45, 7) is 9.19. The molecule has 0 saturated carbocycles. The normalized spacial score (nSPS) is 14.1. The SMILES string of the molecule is CC(CCCNC(=O)NCC(C)C(C)C)C(=O)O. The molecule has 18 heavy (non-hydrogen) atoms. The Hall–Kier alpha value is -1.26. The summed E-state index contributed by atoms with van der Waals surface area (Å²) in [5.74, 6) is -0.148. The summed E-state index contributed by atoms with van der Waals surface area (Å²) in [7, 11) is 0. The first-order valence-corrected chi connectivity index (χ1v) is 6.59. The second-order valence-electron chi connectivity index (χ2n) is 5.24. The molecule has 0 aliphatic rings. The lowest BCUT2D eigenvalue weighted by Crippen LogP contribution is -2.39. The molecular weight excluding hydrogens is 232 g/mol. The Labute approximate surface area is 109 Å². The average Bonchev–Trinajstić information content (AvgIpc) is 2.30. The van der Waals surface area contributed by atoms with E-state index >= 15 is 0 Å². The van der Waals surface area contributed by atoms with Crippen LogP contribution in [0.15, 0.2) is 0 Å². The fourth-order valence-electron chi connectivity index (χ4n) is 1.29. The van der Waals surface area contributed by atoms with E-state index in [1.54, 1.807) is 6.92 Å². The fourth-order valence-corrected chi connectivity index (χ4v) is 1.29. The lowest BCUT2D eigenvalue weighted by molar-refractivity contribution is -0.141. The van der Waals surface area contributed by atoms with Crippen molar-refractivity contribution in [1.29, 1.82) is 0 Å². The van der Waals surface area contributed by atoms with Crippen LogP contribution in [0.5, 0.6) is 0 Å². The monoisotopic (exact) mass is 258 g/mol. The summed E-state index contributed by atoms with van der Waals surface area (Å²) >= 11 is 0. The highest BCUT2D eigenvalue weighted by Gasteiger charge is 2.11. The number of carboxylic acids is 1. The first kappa shape index (κ1) is 16.7. The lowest BCUT2D eigenvalue weighted by atomic mass is 9.98. The number of nitrogens with one attached hydrogen (secondary N) is 2. The Morgan fingerprint density at radius 1 is 1.11 bits per heavy atom. The number of rotatable bonds is 8. The van der Waals surface area contributed by atoms with Crippen molar-refractivity contribution in [3.8, 4) is 0 Å². The zero-order chi connectivity index (χ0) is 14.1. The molecule has 0 fully saturated rings. The predicted octanol–water partition coefficient (Wildman–Crippen LogP) is 2.08. The van der Waals surface area contributed by atoms with Crippen molar-refractivity contribution in [2.24, 2.45) is 17.8 Å². The number of aliphatic carboxylic acids is 1. The van der Waals surface area contributed by atoms with Gasteiger partial charge in [0.15, 0.2) is 0 Å². The van der Waals surface area contributed by atoms with Gasteiger partial charge in [0, 0.05) is 13.1 Å². The van der Waals surface area contributed by atoms with E-state index in [0.29, 0.717) is 37.8 Å². The van der Waals surface area contributed by atoms with Crippen LogP contribution in [-0.2, 0) is 4.79 Å². The maximum absolute atomic E-state index is 11.4. The molecule has 106 valence electrons. The van der Waals surface area contributed by atoms with E-state index in [2.05, 4.69) is 31.4 Å². The summed E-state index contributed by atoms with van der Waals surface area (Å²) < 4.78 is 0. The van der Waals surface area contributed by atoms with Gasteiger partial charge in [-0.1, -0.05) is 27.7 Å². The van der Waals surface area contributed by atoms with Crippen molar-refractivity contribution in [2.75, 3.05) is 13.1 Å². The van der Waals surface area contributed by atoms with Gasteiger partial charge >= 0.3 is 12.0 Å². The standard InChI is InChI=1S/C13H26N2O3/c1-9(2)11(4)8-15-13(18)14-7-5-6-10(3)12(16)17/h9-11H,5-8H2,1-4H3,(H,16,17)(H2,14,15,18). The Bertz CT molecular complexity index is 267. The van der Waals surface area contributed by atoms with E-state index in [9.17, 15) is 9.59 Å². The number of amides is 2. The molecule has 0 aromatic heterocycles. The maximum Gasteiger partial charge on any atom is 0.314 e. The average molecular weight is 258 g/mol. The minimum absolute atomic E-state index is 0.175. The number of carboxylic acid groups (broad SMARTS) is 1. The van der Waals surface area contributed by atoms with Crippen LogP contribution in [0.1, 0.15) is 40.5 Å². The van der Waals surface area contributed by atoms with Gasteiger partial charge in [0.2, 0.25) is 0 Å². The summed E-state index contributed by atoms with van der Waals surface area (Å²) in [5, 5.41) is 14.2. The summed E-state index contributed by atoms with van der Waals surface area (Å²) in [6.07, 6.45) is 1.26. The van der Waals surface area contributed by atoms with Crippen LogP contribution in [0.2, 0.25) is 0 Å². The highest BCUT2D eigenvalue weighted by molar-refractivity contribution is 5.73. The molecule has 3 N–H and O–H groups in total. The lowest BCUT2D eigenvalue weighted by Gasteiger charge is -2.16. The largest absolute Gasteiger partial charge is 0.481 e. The summed E-state index contributed by atoms with van der Waals surface area (Å²) in [6, 6.07) is -0.175. The maximum atomic E-state index is 11.4. The molecule has 5 heteroatoms. The van der Waals surface area contributed by atoms with Crippen LogP contribution in [0.4, 0.5) is 4.79 Å². The van der Waals surface area contributed by atoms with Crippen molar-refractivity contribution in [3.63, 3.8) is 0 Å². The van der Waals surface area contributed by atoms with Gasteiger partial charge in [0.1, 0.15) is 0 Å². The topological polar surface area (TPSA) is 78.4 Å². The summed E-state index contributed by atoms with van der Waals surface area (Å²) in [5.41, 5.74) is 0.